The van der Waals surface area contributed by atoms with Crippen molar-refractivity contribution in [1.82, 2.24) is 0 Å². The van der Waals surface area contributed by atoms with Crippen molar-refractivity contribution in [2.24, 2.45) is 0 Å². The van der Waals surface area contributed by atoms with Crippen LogP contribution in [0.2, 0.25) is 0 Å². The quantitative estimate of drug-likeness (QED) is 0.624. The van der Waals surface area contributed by atoms with Crippen molar-refractivity contribution in [2.75, 3.05) is 13.9 Å². The molecule has 3 atom stereocenters. The molecule has 1 rings (SSSR count). The Morgan fingerprint density at radius 2 is 2.33 bits per heavy atom. The third kappa shape index (κ3) is 2.20. The molecule has 0 aromatic heterocycles. The summed E-state index contributed by atoms with van der Waals surface area (Å²) < 4.78 is 15.1. The third-order valence-corrected chi connectivity index (χ3v) is 1.75. The van der Waals surface area contributed by atoms with E-state index in [1.165, 1.54) is 13.4 Å². The molecule has 0 saturated heterocycles. The predicted octanol–water partition coefficient (Wildman–Crippen LogP) is 0.269. The Balaban J connectivity index is 2.42. The van der Waals surface area contributed by atoms with Crippen molar-refractivity contribution in [3.8, 4) is 0 Å². The van der Waals surface area contributed by atoms with Crippen LogP contribution in [0.4, 0.5) is 0 Å². The summed E-state index contributed by atoms with van der Waals surface area (Å²) in [7, 11) is 1.54. The van der Waals surface area contributed by atoms with E-state index in [4.69, 9.17) is 14.2 Å². The molecule has 70 valence electrons. The summed E-state index contributed by atoms with van der Waals surface area (Å²) in [5.74, 6) is 0. The molecular weight excluding hydrogens is 160 g/mol. The maximum Gasteiger partial charge on any atom is 0.147 e. The Morgan fingerprint density at radius 3 is 2.92 bits per heavy atom. The average molecular weight is 174 g/mol. The van der Waals surface area contributed by atoms with E-state index in [0.29, 0.717) is 0 Å². The van der Waals surface area contributed by atoms with Crippen molar-refractivity contribution < 1.29 is 19.3 Å². The Kier molecular flexibility index (Phi) is 3.52. The standard InChI is InChI=1S/C8H14O4/c1-6-8(12-5-10-2)7(9)3-4-11-6/h3-4,6-9H,5H2,1-2H3/t6-,7+,8+/m1/s1. The van der Waals surface area contributed by atoms with Gasteiger partial charge in [-0.25, -0.2) is 0 Å². The zero-order valence-corrected chi connectivity index (χ0v) is 7.27. The molecule has 4 heteroatoms. The van der Waals surface area contributed by atoms with Crippen molar-refractivity contribution in [3.63, 3.8) is 0 Å². The molecule has 0 amide bonds. The van der Waals surface area contributed by atoms with Crippen LogP contribution in [0.3, 0.4) is 0 Å². The molecule has 1 aliphatic rings. The van der Waals surface area contributed by atoms with Gasteiger partial charge >= 0.3 is 0 Å². The lowest BCUT2D eigenvalue weighted by atomic mass is 10.1. The highest BCUT2D eigenvalue weighted by atomic mass is 16.7. The van der Waals surface area contributed by atoms with Crippen LogP contribution in [0, 0.1) is 0 Å². The molecule has 0 bridgehead atoms. The fraction of sp³-hybridized carbons (Fsp3) is 0.750. The van der Waals surface area contributed by atoms with Gasteiger partial charge in [0.15, 0.2) is 0 Å². The number of aliphatic hydroxyl groups is 1. The number of methoxy groups -OCH3 is 1. The van der Waals surface area contributed by atoms with E-state index >= 15 is 0 Å². The zero-order valence-electron chi connectivity index (χ0n) is 7.27. The number of hydrogen-bond donors (Lipinski definition) is 1. The lowest BCUT2D eigenvalue weighted by Gasteiger charge is -2.29. The highest BCUT2D eigenvalue weighted by Crippen LogP contribution is 2.15. The first-order chi connectivity index (χ1) is 5.75. The molecule has 0 spiro atoms. The van der Waals surface area contributed by atoms with Crippen LogP contribution < -0.4 is 0 Å². The molecule has 1 aliphatic heterocycles. The Bertz CT molecular complexity index is 157. The predicted molar refractivity (Wildman–Crippen MR) is 42.4 cm³/mol. The molecule has 12 heavy (non-hydrogen) atoms. The number of hydrogen-bond acceptors (Lipinski definition) is 4. The van der Waals surface area contributed by atoms with Crippen LogP contribution in [-0.4, -0.2) is 37.3 Å². The van der Waals surface area contributed by atoms with Crippen LogP contribution in [0.1, 0.15) is 6.92 Å². The fourth-order valence-electron chi connectivity index (χ4n) is 1.10. The van der Waals surface area contributed by atoms with Gasteiger partial charge in [-0.15, -0.1) is 0 Å². The van der Waals surface area contributed by atoms with Crippen LogP contribution in [0.15, 0.2) is 12.3 Å². The molecule has 0 aromatic rings. The lowest BCUT2D eigenvalue weighted by molar-refractivity contribution is -0.147. The maximum atomic E-state index is 9.42. The van der Waals surface area contributed by atoms with E-state index < -0.39 is 6.10 Å². The fourth-order valence-corrected chi connectivity index (χ4v) is 1.10. The van der Waals surface area contributed by atoms with Gasteiger partial charge in [0.1, 0.15) is 25.1 Å². The van der Waals surface area contributed by atoms with Crippen LogP contribution in [-0.2, 0) is 14.2 Å². The smallest absolute Gasteiger partial charge is 0.147 e. The van der Waals surface area contributed by atoms with Crippen LogP contribution in [0.5, 0.6) is 0 Å². The largest absolute Gasteiger partial charge is 0.496 e. The zero-order chi connectivity index (χ0) is 8.97. The number of aliphatic hydroxyl groups excluding tert-OH is 1. The molecule has 0 fully saturated rings. The van der Waals surface area contributed by atoms with Crippen LogP contribution in [0.25, 0.3) is 0 Å². The Hall–Kier alpha value is -0.580. The minimum absolute atomic E-state index is 0.139. The van der Waals surface area contributed by atoms with Gasteiger partial charge < -0.3 is 19.3 Å². The molecular formula is C8H14O4. The van der Waals surface area contributed by atoms with E-state index in [1.807, 2.05) is 6.92 Å². The van der Waals surface area contributed by atoms with E-state index in [-0.39, 0.29) is 19.0 Å². The summed E-state index contributed by atoms with van der Waals surface area (Å²) in [6.07, 6.45) is 1.96. The summed E-state index contributed by atoms with van der Waals surface area (Å²) in [5, 5.41) is 9.42. The first-order valence-corrected chi connectivity index (χ1v) is 3.86. The summed E-state index contributed by atoms with van der Waals surface area (Å²) in [6, 6.07) is 0. The maximum absolute atomic E-state index is 9.42. The second-order valence-corrected chi connectivity index (χ2v) is 2.70. The Morgan fingerprint density at radius 1 is 1.58 bits per heavy atom. The van der Waals surface area contributed by atoms with Gasteiger partial charge in [0, 0.05) is 7.11 Å². The molecule has 0 unspecified atom stereocenters. The molecule has 0 aromatic carbocycles. The number of rotatable bonds is 3. The summed E-state index contributed by atoms with van der Waals surface area (Å²) in [5.41, 5.74) is 0. The van der Waals surface area contributed by atoms with Crippen molar-refractivity contribution in [1.29, 1.82) is 0 Å². The van der Waals surface area contributed by atoms with Crippen molar-refractivity contribution >= 4 is 0 Å². The van der Waals surface area contributed by atoms with Crippen molar-refractivity contribution in [3.05, 3.63) is 12.3 Å². The van der Waals surface area contributed by atoms with E-state index in [1.54, 1.807) is 6.08 Å². The van der Waals surface area contributed by atoms with E-state index in [0.717, 1.165) is 0 Å². The third-order valence-electron chi connectivity index (χ3n) is 1.75. The highest BCUT2D eigenvalue weighted by molar-refractivity contribution is 4.96. The molecule has 0 aliphatic carbocycles. The molecule has 1 N–H and O–H groups in total. The second kappa shape index (κ2) is 4.45. The Labute approximate surface area is 71.7 Å². The second-order valence-electron chi connectivity index (χ2n) is 2.70. The van der Waals surface area contributed by atoms with Gasteiger partial charge in [-0.3, -0.25) is 0 Å². The van der Waals surface area contributed by atoms with Gasteiger partial charge in [-0.2, -0.15) is 0 Å². The lowest BCUT2D eigenvalue weighted by Crippen LogP contribution is -2.40. The van der Waals surface area contributed by atoms with Crippen molar-refractivity contribution in [2.45, 2.75) is 25.2 Å². The molecule has 0 saturated carbocycles. The first-order valence-electron chi connectivity index (χ1n) is 3.86. The van der Waals surface area contributed by atoms with Crippen LogP contribution >= 0.6 is 0 Å². The SMILES string of the molecule is COCO[C@@H]1[C@@H](O)C=CO[C@@H]1C. The molecule has 0 radical (unpaired) electrons. The topological polar surface area (TPSA) is 47.9 Å². The monoisotopic (exact) mass is 174 g/mol. The number of ether oxygens (including phenoxy) is 3. The molecule has 4 nitrogen and oxygen atoms in total. The van der Waals surface area contributed by atoms with Gasteiger partial charge in [0.25, 0.3) is 0 Å². The normalized spacial score (nSPS) is 34.8. The van der Waals surface area contributed by atoms with E-state index in [2.05, 4.69) is 0 Å². The van der Waals surface area contributed by atoms with Gasteiger partial charge in [0.2, 0.25) is 0 Å². The van der Waals surface area contributed by atoms with Gasteiger partial charge in [-0.1, -0.05) is 0 Å². The molecule has 1 heterocycles. The average Bonchev–Trinajstić information content (AvgIpc) is 2.04. The minimum atomic E-state index is -0.608. The van der Waals surface area contributed by atoms with Gasteiger partial charge in [0.05, 0.1) is 6.26 Å². The van der Waals surface area contributed by atoms with Gasteiger partial charge in [-0.05, 0) is 13.0 Å². The minimum Gasteiger partial charge on any atom is -0.496 e. The summed E-state index contributed by atoms with van der Waals surface area (Å²) in [6.45, 7) is 2.01. The van der Waals surface area contributed by atoms with E-state index in [9.17, 15) is 5.11 Å². The summed E-state index contributed by atoms with van der Waals surface area (Å²) in [4.78, 5) is 0. The summed E-state index contributed by atoms with van der Waals surface area (Å²) >= 11 is 0. The first kappa shape index (κ1) is 9.51. The highest BCUT2D eigenvalue weighted by Gasteiger charge is 2.28.